The first-order chi connectivity index (χ1) is 11.4. The van der Waals surface area contributed by atoms with Crippen LogP contribution in [0.4, 0.5) is 5.69 Å². The van der Waals surface area contributed by atoms with E-state index in [1.165, 1.54) is 24.3 Å². The van der Waals surface area contributed by atoms with Gasteiger partial charge in [0.05, 0.1) is 11.5 Å². The molecule has 2 aromatic rings. The Balaban J connectivity index is 2.43. The molecular formula is C16H14N2O6. The van der Waals surface area contributed by atoms with Gasteiger partial charge in [0, 0.05) is 11.6 Å². The minimum absolute atomic E-state index is 0.0206. The van der Waals surface area contributed by atoms with E-state index < -0.39 is 22.5 Å². The molecule has 0 saturated heterocycles. The van der Waals surface area contributed by atoms with Gasteiger partial charge in [0.15, 0.2) is 0 Å². The Bertz CT molecular complexity index is 803. The summed E-state index contributed by atoms with van der Waals surface area (Å²) in [4.78, 5) is 33.6. The number of esters is 1. The molecule has 2 N–H and O–H groups in total. The predicted octanol–water partition coefficient (Wildman–Crippen LogP) is 2.66. The number of nitrogens with zero attached hydrogens (tertiary/aromatic N) is 1. The molecule has 0 aliphatic rings. The standard InChI is InChI=1S/C16H14N2O6/c1-2-23-16(20)11-5-3-4-6-13(11)24-14-8-7-10(15(17)19)9-12(14)18(21)22/h3-9H,2H2,1H3,(H2,17,19). The smallest absolute Gasteiger partial charge is 0.341 e. The third kappa shape index (κ3) is 3.67. The SMILES string of the molecule is CCOC(=O)c1ccccc1Oc1ccc(C(N)=O)cc1[N+](=O)[O-]. The summed E-state index contributed by atoms with van der Waals surface area (Å²) >= 11 is 0. The molecule has 0 radical (unpaired) electrons. The van der Waals surface area contributed by atoms with E-state index >= 15 is 0 Å². The Labute approximate surface area is 136 Å². The molecule has 2 rings (SSSR count). The van der Waals surface area contributed by atoms with Gasteiger partial charge >= 0.3 is 11.7 Å². The molecule has 0 spiro atoms. The molecule has 0 unspecified atom stereocenters. The number of carbonyl (C=O) groups excluding carboxylic acids is 2. The monoisotopic (exact) mass is 330 g/mol. The third-order valence-electron chi connectivity index (χ3n) is 3.04. The second kappa shape index (κ2) is 7.23. The maximum Gasteiger partial charge on any atom is 0.341 e. The summed E-state index contributed by atoms with van der Waals surface area (Å²) in [6.07, 6.45) is 0. The number of hydrogen-bond acceptors (Lipinski definition) is 6. The van der Waals surface area contributed by atoms with Gasteiger partial charge < -0.3 is 15.2 Å². The second-order valence-electron chi connectivity index (χ2n) is 4.62. The quantitative estimate of drug-likeness (QED) is 0.493. The summed E-state index contributed by atoms with van der Waals surface area (Å²) in [5, 5.41) is 11.2. The minimum Gasteiger partial charge on any atom is -0.462 e. The number of nitro benzene ring substituents is 1. The minimum atomic E-state index is -0.795. The Morgan fingerprint density at radius 1 is 1.17 bits per heavy atom. The Hall–Kier alpha value is -3.42. The van der Waals surface area contributed by atoms with Crippen molar-refractivity contribution in [2.75, 3.05) is 6.61 Å². The van der Waals surface area contributed by atoms with Crippen molar-refractivity contribution in [1.29, 1.82) is 0 Å². The Kier molecular flexibility index (Phi) is 5.10. The lowest BCUT2D eigenvalue weighted by Crippen LogP contribution is -2.11. The molecule has 1 amide bonds. The lowest BCUT2D eigenvalue weighted by Gasteiger charge is -2.11. The van der Waals surface area contributed by atoms with Crippen LogP contribution >= 0.6 is 0 Å². The van der Waals surface area contributed by atoms with Gasteiger partial charge in [-0.3, -0.25) is 14.9 Å². The van der Waals surface area contributed by atoms with Gasteiger partial charge in [-0.15, -0.1) is 0 Å². The Morgan fingerprint density at radius 2 is 1.88 bits per heavy atom. The molecule has 0 heterocycles. The zero-order valence-electron chi connectivity index (χ0n) is 12.7. The molecule has 0 fully saturated rings. The highest BCUT2D eigenvalue weighted by Crippen LogP contribution is 2.33. The van der Waals surface area contributed by atoms with E-state index in [1.54, 1.807) is 19.1 Å². The first-order valence-corrected chi connectivity index (χ1v) is 6.96. The lowest BCUT2D eigenvalue weighted by atomic mass is 10.1. The van der Waals surface area contributed by atoms with Crippen LogP contribution in [0.1, 0.15) is 27.6 Å². The molecular weight excluding hydrogens is 316 g/mol. The fourth-order valence-electron chi connectivity index (χ4n) is 1.95. The molecule has 24 heavy (non-hydrogen) atoms. The van der Waals surface area contributed by atoms with Crippen LogP contribution in [0.15, 0.2) is 42.5 Å². The van der Waals surface area contributed by atoms with Crippen LogP contribution in [0.3, 0.4) is 0 Å². The van der Waals surface area contributed by atoms with Crippen molar-refractivity contribution in [2.45, 2.75) is 6.92 Å². The zero-order chi connectivity index (χ0) is 17.7. The fourth-order valence-corrected chi connectivity index (χ4v) is 1.95. The largest absolute Gasteiger partial charge is 0.462 e. The van der Waals surface area contributed by atoms with Crippen molar-refractivity contribution < 1.29 is 24.0 Å². The summed E-state index contributed by atoms with van der Waals surface area (Å²) in [5.41, 5.74) is 4.79. The van der Waals surface area contributed by atoms with Crippen molar-refractivity contribution >= 4 is 17.6 Å². The number of benzene rings is 2. The highest BCUT2D eigenvalue weighted by atomic mass is 16.6. The van der Waals surface area contributed by atoms with Crippen LogP contribution in [0.2, 0.25) is 0 Å². The van der Waals surface area contributed by atoms with Gasteiger partial charge in [-0.1, -0.05) is 12.1 Å². The Morgan fingerprint density at radius 3 is 2.50 bits per heavy atom. The van der Waals surface area contributed by atoms with Crippen LogP contribution in [0, 0.1) is 10.1 Å². The summed E-state index contributed by atoms with van der Waals surface area (Å²) in [6, 6.07) is 9.77. The number of rotatable bonds is 6. The maximum absolute atomic E-state index is 11.9. The average molecular weight is 330 g/mol. The number of amides is 1. The number of primary amides is 1. The van der Waals surface area contributed by atoms with Crippen LogP contribution < -0.4 is 10.5 Å². The number of ether oxygens (including phenoxy) is 2. The van der Waals surface area contributed by atoms with Crippen molar-refractivity contribution in [1.82, 2.24) is 0 Å². The summed E-state index contributed by atoms with van der Waals surface area (Å²) < 4.78 is 10.4. The van der Waals surface area contributed by atoms with E-state index in [2.05, 4.69) is 0 Å². The van der Waals surface area contributed by atoms with Crippen LogP contribution in [0.5, 0.6) is 11.5 Å². The van der Waals surface area contributed by atoms with E-state index in [1.807, 2.05) is 0 Å². The highest BCUT2D eigenvalue weighted by Gasteiger charge is 2.21. The summed E-state index contributed by atoms with van der Waals surface area (Å²) in [7, 11) is 0. The predicted molar refractivity (Wildman–Crippen MR) is 84.1 cm³/mol. The molecule has 0 atom stereocenters. The maximum atomic E-state index is 11.9. The van der Waals surface area contributed by atoms with Crippen LogP contribution in [0.25, 0.3) is 0 Å². The first-order valence-electron chi connectivity index (χ1n) is 6.96. The molecule has 0 aromatic heterocycles. The van der Waals surface area contributed by atoms with E-state index in [0.717, 1.165) is 6.07 Å². The second-order valence-corrected chi connectivity index (χ2v) is 4.62. The van der Waals surface area contributed by atoms with Gasteiger partial charge in [0.2, 0.25) is 11.7 Å². The van der Waals surface area contributed by atoms with Crippen molar-refractivity contribution in [3.05, 3.63) is 63.7 Å². The number of carbonyl (C=O) groups is 2. The average Bonchev–Trinajstić information content (AvgIpc) is 2.55. The molecule has 0 saturated carbocycles. The van der Waals surface area contributed by atoms with E-state index in [9.17, 15) is 19.7 Å². The van der Waals surface area contributed by atoms with E-state index in [4.69, 9.17) is 15.2 Å². The number of nitrogens with two attached hydrogens (primary N) is 1. The molecule has 2 aromatic carbocycles. The van der Waals surface area contributed by atoms with E-state index in [0.29, 0.717) is 0 Å². The summed E-state index contributed by atoms with van der Waals surface area (Å²) in [6.45, 7) is 1.84. The topological polar surface area (TPSA) is 122 Å². The molecule has 124 valence electrons. The van der Waals surface area contributed by atoms with E-state index in [-0.39, 0.29) is 29.2 Å². The van der Waals surface area contributed by atoms with Gasteiger partial charge in [-0.2, -0.15) is 0 Å². The normalized spacial score (nSPS) is 10.0. The number of hydrogen-bond donors (Lipinski definition) is 1. The van der Waals surface area contributed by atoms with Crippen molar-refractivity contribution in [3.8, 4) is 11.5 Å². The third-order valence-corrected chi connectivity index (χ3v) is 3.04. The molecule has 8 nitrogen and oxygen atoms in total. The van der Waals surface area contributed by atoms with Crippen LogP contribution in [-0.4, -0.2) is 23.4 Å². The highest BCUT2D eigenvalue weighted by molar-refractivity contribution is 5.94. The fraction of sp³-hybridized carbons (Fsp3) is 0.125. The molecule has 0 aliphatic heterocycles. The van der Waals surface area contributed by atoms with Crippen molar-refractivity contribution in [3.63, 3.8) is 0 Å². The zero-order valence-corrected chi connectivity index (χ0v) is 12.7. The summed E-state index contributed by atoms with van der Waals surface area (Å²) in [5.74, 6) is -1.42. The lowest BCUT2D eigenvalue weighted by molar-refractivity contribution is -0.385. The van der Waals surface area contributed by atoms with Crippen molar-refractivity contribution in [2.24, 2.45) is 5.73 Å². The van der Waals surface area contributed by atoms with Gasteiger partial charge in [0.1, 0.15) is 11.3 Å². The number of nitro groups is 1. The van der Waals surface area contributed by atoms with Gasteiger partial charge in [0.25, 0.3) is 0 Å². The van der Waals surface area contributed by atoms with Gasteiger partial charge in [-0.25, -0.2) is 4.79 Å². The molecule has 0 bridgehead atoms. The molecule has 0 aliphatic carbocycles. The number of para-hydroxylation sites is 1. The van der Waals surface area contributed by atoms with Crippen LogP contribution in [-0.2, 0) is 4.74 Å². The van der Waals surface area contributed by atoms with Gasteiger partial charge in [-0.05, 0) is 31.2 Å². The first kappa shape index (κ1) is 16.9. The molecule has 8 heteroatoms.